The van der Waals surface area contributed by atoms with Crippen LogP contribution in [0.3, 0.4) is 0 Å². The highest BCUT2D eigenvalue weighted by atomic mass is 32.2. The summed E-state index contributed by atoms with van der Waals surface area (Å²) < 4.78 is 28.0. The Morgan fingerprint density at radius 1 is 0.705 bits per heavy atom. The van der Waals surface area contributed by atoms with Gasteiger partial charge in [0.1, 0.15) is 0 Å². The van der Waals surface area contributed by atoms with E-state index in [9.17, 15) is 23.1 Å². The van der Waals surface area contributed by atoms with E-state index in [0.717, 1.165) is 36.8 Å². The molecule has 0 aliphatic carbocycles. The minimum atomic E-state index is -3.65. The zero-order valence-electron chi connectivity index (χ0n) is 25.4. The van der Waals surface area contributed by atoms with E-state index in [4.69, 9.17) is 0 Å². The lowest BCUT2D eigenvalue weighted by atomic mass is 9.98. The number of amides is 1. The van der Waals surface area contributed by atoms with Gasteiger partial charge in [-0.2, -0.15) is 4.31 Å². The summed E-state index contributed by atoms with van der Waals surface area (Å²) >= 11 is 0. The highest BCUT2D eigenvalue weighted by Crippen LogP contribution is 2.25. The third kappa shape index (κ3) is 8.21. The molecule has 1 N–H and O–H groups in total. The molecule has 0 saturated carbocycles. The number of hydrogen-bond donors (Lipinski definition) is 1. The van der Waals surface area contributed by atoms with Crippen LogP contribution in [0.15, 0.2) is 108 Å². The van der Waals surface area contributed by atoms with E-state index in [2.05, 4.69) is 12.1 Å². The van der Waals surface area contributed by atoms with Crippen LogP contribution in [0, 0.1) is 0 Å². The second-order valence-electron chi connectivity index (χ2n) is 10.8. The predicted octanol–water partition coefficient (Wildman–Crippen LogP) is 7.14. The Balaban J connectivity index is 1.55. The maximum Gasteiger partial charge on any atom is 0.336 e. The minimum absolute atomic E-state index is 0.179. The highest BCUT2D eigenvalue weighted by Gasteiger charge is 2.24. The number of hydrogen-bond acceptors (Lipinski definition) is 4. The van der Waals surface area contributed by atoms with Crippen molar-refractivity contribution in [2.45, 2.75) is 51.0 Å². The molecule has 0 atom stereocenters. The molecule has 1 amide bonds. The lowest BCUT2D eigenvalue weighted by Crippen LogP contribution is -2.33. The van der Waals surface area contributed by atoms with Gasteiger partial charge in [-0.15, -0.1) is 0 Å². The molecule has 8 heteroatoms. The first-order valence-corrected chi connectivity index (χ1v) is 16.5. The van der Waals surface area contributed by atoms with Crippen LogP contribution in [0.4, 0.5) is 0 Å². The Kier molecular flexibility index (Phi) is 11.5. The van der Waals surface area contributed by atoms with E-state index in [-0.39, 0.29) is 16.4 Å². The summed E-state index contributed by atoms with van der Waals surface area (Å²) in [6, 6.07) is 30.8. The number of aromatic carboxylic acids is 1. The van der Waals surface area contributed by atoms with Gasteiger partial charge in [-0.3, -0.25) is 4.79 Å². The van der Waals surface area contributed by atoms with Crippen molar-refractivity contribution in [2.24, 2.45) is 0 Å². The standard InChI is InChI=1S/C36H40N2O5S/c1-3-24-38(25-4-2)44(42,43)32-22-20-31(21-23-32)35(39)37(26-10-13-28-11-6-5-7-12-28)27-29-16-18-30(19-17-29)33-14-8-9-15-34(33)36(40)41/h5-9,11-12,14-23H,3-4,10,13,24-27H2,1-2H3,(H,40,41). The molecule has 230 valence electrons. The molecule has 4 aromatic rings. The number of carboxylic acid groups (broad SMARTS) is 1. The van der Waals surface area contributed by atoms with E-state index in [1.54, 1.807) is 35.2 Å². The third-order valence-corrected chi connectivity index (χ3v) is 9.42. The van der Waals surface area contributed by atoms with Gasteiger partial charge in [0.15, 0.2) is 0 Å². The molecule has 4 rings (SSSR count). The summed E-state index contributed by atoms with van der Waals surface area (Å²) in [5.41, 5.74) is 4.17. The molecular weight excluding hydrogens is 572 g/mol. The van der Waals surface area contributed by atoms with Crippen LogP contribution >= 0.6 is 0 Å². The first kappa shape index (κ1) is 32.6. The van der Waals surface area contributed by atoms with Gasteiger partial charge in [0.05, 0.1) is 10.5 Å². The molecular formula is C36H40N2O5S. The van der Waals surface area contributed by atoms with Crippen molar-refractivity contribution >= 4 is 21.9 Å². The Morgan fingerprint density at radius 2 is 1.32 bits per heavy atom. The molecule has 0 aromatic heterocycles. The zero-order chi connectivity index (χ0) is 31.5. The maximum absolute atomic E-state index is 13.8. The monoisotopic (exact) mass is 612 g/mol. The zero-order valence-corrected chi connectivity index (χ0v) is 26.2. The fourth-order valence-electron chi connectivity index (χ4n) is 5.25. The fourth-order valence-corrected chi connectivity index (χ4v) is 6.88. The lowest BCUT2D eigenvalue weighted by Gasteiger charge is -2.24. The summed E-state index contributed by atoms with van der Waals surface area (Å²) in [5.74, 6) is -1.16. The van der Waals surface area contributed by atoms with Crippen molar-refractivity contribution in [3.63, 3.8) is 0 Å². The molecule has 0 spiro atoms. The van der Waals surface area contributed by atoms with E-state index in [1.807, 2.05) is 62.4 Å². The van der Waals surface area contributed by atoms with Crippen LogP contribution in [0.2, 0.25) is 0 Å². The molecule has 0 bridgehead atoms. The summed E-state index contributed by atoms with van der Waals surface area (Å²) in [6.07, 6.45) is 3.02. The van der Waals surface area contributed by atoms with Crippen LogP contribution in [-0.2, 0) is 23.0 Å². The summed E-state index contributed by atoms with van der Waals surface area (Å²) in [6.45, 7) is 5.68. The van der Waals surface area contributed by atoms with Crippen LogP contribution in [0.1, 0.15) is 65.0 Å². The number of nitrogens with zero attached hydrogens (tertiary/aromatic N) is 2. The first-order chi connectivity index (χ1) is 21.2. The van der Waals surface area contributed by atoms with E-state index in [1.165, 1.54) is 22.0 Å². The normalized spacial score (nSPS) is 11.4. The number of carboxylic acids is 1. The molecule has 0 unspecified atom stereocenters. The van der Waals surface area contributed by atoms with Gasteiger partial charge in [0.2, 0.25) is 10.0 Å². The molecule has 0 radical (unpaired) electrons. The van der Waals surface area contributed by atoms with Crippen LogP contribution in [-0.4, -0.2) is 54.2 Å². The van der Waals surface area contributed by atoms with Crippen molar-refractivity contribution in [3.05, 3.63) is 125 Å². The molecule has 7 nitrogen and oxygen atoms in total. The predicted molar refractivity (Wildman–Crippen MR) is 174 cm³/mol. The maximum atomic E-state index is 13.8. The Labute approximate surface area is 260 Å². The average Bonchev–Trinajstić information content (AvgIpc) is 3.04. The molecule has 44 heavy (non-hydrogen) atoms. The number of sulfonamides is 1. The number of carbonyl (C=O) groups is 2. The largest absolute Gasteiger partial charge is 0.478 e. The Hall–Kier alpha value is -4.27. The number of carbonyl (C=O) groups excluding carboxylic acids is 1. The topological polar surface area (TPSA) is 95.0 Å². The van der Waals surface area contributed by atoms with Crippen LogP contribution in [0.5, 0.6) is 0 Å². The van der Waals surface area contributed by atoms with Gasteiger partial charge in [-0.1, -0.05) is 86.6 Å². The minimum Gasteiger partial charge on any atom is -0.478 e. The summed E-state index contributed by atoms with van der Waals surface area (Å²) in [5, 5.41) is 9.59. The smallest absolute Gasteiger partial charge is 0.336 e. The molecule has 4 aromatic carbocycles. The van der Waals surface area contributed by atoms with Crippen molar-refractivity contribution in [3.8, 4) is 11.1 Å². The van der Waals surface area contributed by atoms with Gasteiger partial charge < -0.3 is 10.0 Å². The lowest BCUT2D eigenvalue weighted by molar-refractivity contribution is 0.0696. The molecule has 0 fully saturated rings. The van der Waals surface area contributed by atoms with Gasteiger partial charge in [0, 0.05) is 31.7 Å². The van der Waals surface area contributed by atoms with Crippen molar-refractivity contribution in [1.29, 1.82) is 0 Å². The number of benzene rings is 4. The SMILES string of the molecule is CCCN(CCC)S(=O)(=O)c1ccc(C(=O)N(CCCc2ccccc2)Cc2ccc(-c3ccccc3C(=O)O)cc2)cc1. The number of aryl methyl sites for hydroxylation is 1. The quantitative estimate of drug-likeness (QED) is 0.154. The van der Waals surface area contributed by atoms with E-state index < -0.39 is 16.0 Å². The summed E-state index contributed by atoms with van der Waals surface area (Å²) in [7, 11) is -3.65. The Bertz CT molecular complexity index is 1630. The van der Waals surface area contributed by atoms with E-state index >= 15 is 0 Å². The van der Waals surface area contributed by atoms with Crippen LogP contribution in [0.25, 0.3) is 11.1 Å². The number of rotatable bonds is 15. The van der Waals surface area contributed by atoms with Gasteiger partial charge in [-0.25, -0.2) is 13.2 Å². The molecule has 0 heterocycles. The fraction of sp³-hybridized carbons (Fsp3) is 0.278. The molecule has 0 aliphatic heterocycles. The van der Waals surface area contributed by atoms with E-state index in [0.29, 0.717) is 37.3 Å². The van der Waals surface area contributed by atoms with Crippen molar-refractivity contribution in [1.82, 2.24) is 9.21 Å². The third-order valence-electron chi connectivity index (χ3n) is 7.50. The molecule has 0 saturated heterocycles. The highest BCUT2D eigenvalue weighted by molar-refractivity contribution is 7.89. The van der Waals surface area contributed by atoms with Gasteiger partial charge >= 0.3 is 5.97 Å². The molecule has 0 aliphatic rings. The second-order valence-corrected chi connectivity index (χ2v) is 12.7. The van der Waals surface area contributed by atoms with Gasteiger partial charge in [0.25, 0.3) is 5.91 Å². The summed E-state index contributed by atoms with van der Waals surface area (Å²) in [4.78, 5) is 27.5. The average molecular weight is 613 g/mol. The van der Waals surface area contributed by atoms with Gasteiger partial charge in [-0.05, 0) is 78.3 Å². The second kappa shape index (κ2) is 15.5. The van der Waals surface area contributed by atoms with Crippen molar-refractivity contribution in [2.75, 3.05) is 19.6 Å². The van der Waals surface area contributed by atoms with Crippen molar-refractivity contribution < 1.29 is 23.1 Å². The Morgan fingerprint density at radius 3 is 1.93 bits per heavy atom. The first-order valence-electron chi connectivity index (χ1n) is 15.1. The van der Waals surface area contributed by atoms with Crippen LogP contribution < -0.4 is 0 Å².